The zero-order chi connectivity index (χ0) is 18.5. The number of amides is 1. The number of carbonyl (C=O) groups excluding carboxylic acids is 1. The summed E-state index contributed by atoms with van der Waals surface area (Å²) in [6, 6.07) is 13.3. The number of hydrogen-bond donors (Lipinski definition) is 1. The molecule has 0 spiro atoms. The molecule has 1 heterocycles. The highest BCUT2D eigenvalue weighted by atomic mass is 16.6. The van der Waals surface area contributed by atoms with Crippen LogP contribution in [0.25, 0.3) is 0 Å². The predicted octanol–water partition coefficient (Wildman–Crippen LogP) is 3.40. The summed E-state index contributed by atoms with van der Waals surface area (Å²) < 4.78 is 10.8. The number of anilines is 1. The number of rotatable bonds is 6. The lowest BCUT2D eigenvalue weighted by molar-refractivity contribution is -0.125. The molecule has 3 rings (SSSR count). The van der Waals surface area contributed by atoms with Crippen LogP contribution in [-0.2, 0) is 16.1 Å². The monoisotopic (exact) mass is 354 g/mol. The van der Waals surface area contributed by atoms with Crippen molar-refractivity contribution < 1.29 is 19.1 Å². The summed E-state index contributed by atoms with van der Waals surface area (Å²) in [6.45, 7) is 2.05. The van der Waals surface area contributed by atoms with Crippen LogP contribution in [0.1, 0.15) is 24.5 Å². The third-order valence-electron chi connectivity index (χ3n) is 4.33. The number of methoxy groups -OCH3 is 2. The molecule has 1 atom stereocenters. The number of oxime groups is 1. The van der Waals surface area contributed by atoms with Crippen LogP contribution in [0.15, 0.2) is 47.6 Å². The smallest absolute Gasteiger partial charge is 0.268 e. The summed E-state index contributed by atoms with van der Waals surface area (Å²) in [5.74, 6) is 0.971. The van der Waals surface area contributed by atoms with Crippen LogP contribution in [0.4, 0.5) is 5.69 Å². The summed E-state index contributed by atoms with van der Waals surface area (Å²) >= 11 is 0. The largest absolute Gasteiger partial charge is 0.493 e. The highest BCUT2D eigenvalue weighted by Gasteiger charge is 2.31. The highest BCUT2D eigenvalue weighted by molar-refractivity contribution is 6.08. The van der Waals surface area contributed by atoms with E-state index in [-0.39, 0.29) is 5.91 Å². The zero-order valence-electron chi connectivity index (χ0n) is 15.1. The maximum Gasteiger partial charge on any atom is 0.268 e. The Morgan fingerprint density at radius 1 is 1.19 bits per heavy atom. The van der Waals surface area contributed by atoms with Gasteiger partial charge in [0.15, 0.2) is 11.5 Å². The third-order valence-corrected chi connectivity index (χ3v) is 4.33. The summed E-state index contributed by atoms with van der Waals surface area (Å²) in [5, 5.41) is 7.03. The van der Waals surface area contributed by atoms with E-state index in [1.54, 1.807) is 14.2 Å². The molecule has 0 saturated carbocycles. The van der Waals surface area contributed by atoms with Crippen molar-refractivity contribution in [2.45, 2.75) is 25.9 Å². The summed E-state index contributed by atoms with van der Waals surface area (Å²) in [6.07, 6.45) is 0.528. The van der Waals surface area contributed by atoms with Gasteiger partial charge in [-0.2, -0.15) is 0 Å². The van der Waals surface area contributed by atoms with Crippen LogP contribution in [0.5, 0.6) is 11.5 Å². The molecule has 0 bridgehead atoms. The Balaban J connectivity index is 1.73. The molecule has 2 aromatic rings. The molecule has 0 unspecified atom stereocenters. The Labute approximate surface area is 152 Å². The van der Waals surface area contributed by atoms with Crippen molar-refractivity contribution in [2.24, 2.45) is 5.16 Å². The fourth-order valence-corrected chi connectivity index (χ4v) is 2.96. The maximum atomic E-state index is 12.6. The Morgan fingerprint density at radius 2 is 2.00 bits per heavy atom. The average Bonchev–Trinajstić information content (AvgIpc) is 3.17. The first-order valence-corrected chi connectivity index (χ1v) is 8.50. The van der Waals surface area contributed by atoms with E-state index in [9.17, 15) is 4.79 Å². The van der Waals surface area contributed by atoms with Crippen LogP contribution in [0, 0.1) is 0 Å². The standard InChI is InChI=1S/C20H22N2O4/c1-4-13-8-5-6-10-15(13)21-20(23)18-12-16(22-26-18)14-9-7-11-17(24-2)19(14)25-3/h5-11,18H,4,12H2,1-3H3,(H,21,23)/t18-/m1/s1. The molecular weight excluding hydrogens is 332 g/mol. The van der Waals surface area contributed by atoms with Crippen molar-refractivity contribution in [3.8, 4) is 11.5 Å². The van der Waals surface area contributed by atoms with Crippen molar-refractivity contribution in [1.29, 1.82) is 0 Å². The van der Waals surface area contributed by atoms with Gasteiger partial charge in [0.05, 0.1) is 19.9 Å². The Kier molecular flexibility index (Phi) is 5.41. The van der Waals surface area contributed by atoms with E-state index in [0.717, 1.165) is 23.2 Å². The van der Waals surface area contributed by atoms with Gasteiger partial charge in [0.25, 0.3) is 5.91 Å². The lowest BCUT2D eigenvalue weighted by Gasteiger charge is -2.13. The molecule has 1 amide bonds. The predicted molar refractivity (Wildman–Crippen MR) is 100 cm³/mol. The van der Waals surface area contributed by atoms with Gasteiger partial charge >= 0.3 is 0 Å². The molecule has 6 nitrogen and oxygen atoms in total. The minimum Gasteiger partial charge on any atom is -0.493 e. The van der Waals surface area contributed by atoms with Gasteiger partial charge in [-0.3, -0.25) is 4.79 Å². The molecule has 6 heteroatoms. The zero-order valence-corrected chi connectivity index (χ0v) is 15.1. The molecule has 1 aliphatic rings. The van der Waals surface area contributed by atoms with E-state index >= 15 is 0 Å². The number of nitrogens with zero attached hydrogens (tertiary/aromatic N) is 1. The minimum atomic E-state index is -0.675. The van der Waals surface area contributed by atoms with Gasteiger partial charge in [0.2, 0.25) is 6.10 Å². The van der Waals surface area contributed by atoms with E-state index in [1.807, 2.05) is 49.4 Å². The Bertz CT molecular complexity index is 832. The van der Waals surface area contributed by atoms with Crippen molar-refractivity contribution in [2.75, 3.05) is 19.5 Å². The van der Waals surface area contributed by atoms with Gasteiger partial charge in [-0.25, -0.2) is 0 Å². The van der Waals surface area contributed by atoms with E-state index in [0.29, 0.717) is 23.6 Å². The lowest BCUT2D eigenvalue weighted by Crippen LogP contribution is -2.28. The second kappa shape index (κ2) is 7.91. The topological polar surface area (TPSA) is 69.2 Å². The fraction of sp³-hybridized carbons (Fsp3) is 0.300. The van der Waals surface area contributed by atoms with E-state index in [1.165, 1.54) is 0 Å². The molecule has 1 N–H and O–H groups in total. The minimum absolute atomic E-state index is 0.216. The molecule has 0 radical (unpaired) electrons. The maximum absolute atomic E-state index is 12.6. The number of para-hydroxylation sites is 2. The van der Waals surface area contributed by atoms with Gasteiger partial charge in [-0.1, -0.05) is 36.3 Å². The van der Waals surface area contributed by atoms with Crippen molar-refractivity contribution >= 4 is 17.3 Å². The van der Waals surface area contributed by atoms with Crippen LogP contribution in [0.2, 0.25) is 0 Å². The van der Waals surface area contributed by atoms with Crippen LogP contribution in [0.3, 0.4) is 0 Å². The summed E-state index contributed by atoms with van der Waals surface area (Å²) in [7, 11) is 3.15. The quantitative estimate of drug-likeness (QED) is 0.863. The number of aryl methyl sites for hydroxylation is 1. The highest BCUT2D eigenvalue weighted by Crippen LogP contribution is 2.33. The number of carbonyl (C=O) groups is 1. The number of hydrogen-bond acceptors (Lipinski definition) is 5. The first-order valence-electron chi connectivity index (χ1n) is 8.50. The second-order valence-corrected chi connectivity index (χ2v) is 5.88. The SMILES string of the molecule is CCc1ccccc1NC(=O)[C@H]1CC(c2cccc(OC)c2OC)=NO1. The number of nitrogens with one attached hydrogen (secondary N) is 1. The second-order valence-electron chi connectivity index (χ2n) is 5.88. The molecule has 2 aromatic carbocycles. The molecule has 136 valence electrons. The van der Waals surface area contributed by atoms with Gasteiger partial charge < -0.3 is 19.6 Å². The molecule has 0 aliphatic carbocycles. The summed E-state index contributed by atoms with van der Waals surface area (Å²) in [4.78, 5) is 18.0. The van der Waals surface area contributed by atoms with E-state index in [2.05, 4.69) is 10.5 Å². The third kappa shape index (κ3) is 3.49. The first-order chi connectivity index (χ1) is 12.7. The van der Waals surface area contributed by atoms with Crippen molar-refractivity contribution in [3.05, 3.63) is 53.6 Å². The van der Waals surface area contributed by atoms with Gasteiger partial charge in [0, 0.05) is 17.7 Å². The van der Waals surface area contributed by atoms with Crippen LogP contribution < -0.4 is 14.8 Å². The average molecular weight is 354 g/mol. The lowest BCUT2D eigenvalue weighted by atomic mass is 10.0. The molecule has 0 aromatic heterocycles. The molecular formula is C20H22N2O4. The fourth-order valence-electron chi connectivity index (χ4n) is 2.96. The number of ether oxygens (including phenoxy) is 2. The molecule has 0 saturated heterocycles. The molecule has 0 fully saturated rings. The Morgan fingerprint density at radius 3 is 2.73 bits per heavy atom. The number of benzene rings is 2. The normalized spacial score (nSPS) is 15.8. The first kappa shape index (κ1) is 17.8. The van der Waals surface area contributed by atoms with Crippen LogP contribution >= 0.6 is 0 Å². The van der Waals surface area contributed by atoms with Crippen LogP contribution in [-0.4, -0.2) is 31.9 Å². The van der Waals surface area contributed by atoms with E-state index in [4.69, 9.17) is 14.3 Å². The molecule has 26 heavy (non-hydrogen) atoms. The molecule has 1 aliphatic heterocycles. The van der Waals surface area contributed by atoms with Gasteiger partial charge in [-0.05, 0) is 30.2 Å². The Hall–Kier alpha value is -3.02. The van der Waals surface area contributed by atoms with Gasteiger partial charge in [-0.15, -0.1) is 0 Å². The summed E-state index contributed by atoms with van der Waals surface area (Å²) in [5.41, 5.74) is 3.30. The van der Waals surface area contributed by atoms with Crippen molar-refractivity contribution in [3.63, 3.8) is 0 Å². The van der Waals surface area contributed by atoms with Crippen molar-refractivity contribution in [1.82, 2.24) is 0 Å². The van der Waals surface area contributed by atoms with Gasteiger partial charge in [0.1, 0.15) is 0 Å². The van der Waals surface area contributed by atoms with E-state index < -0.39 is 6.10 Å².